The van der Waals surface area contributed by atoms with Crippen LogP contribution in [0, 0.1) is 16.2 Å². The van der Waals surface area contributed by atoms with E-state index in [4.69, 9.17) is 5.26 Å². The summed E-state index contributed by atoms with van der Waals surface area (Å²) in [4.78, 5) is 32.1. The predicted octanol–water partition coefficient (Wildman–Crippen LogP) is 1.96. The van der Waals surface area contributed by atoms with E-state index in [2.05, 4.69) is 11.2 Å². The molecule has 0 unspecified atom stereocenters. The number of carbonyl (C=O) groups excluding carboxylic acids is 2. The second-order valence-corrected chi connectivity index (χ2v) is 4.05. The van der Waals surface area contributed by atoms with Crippen LogP contribution >= 0.6 is 0 Å². The molecule has 0 radical (unpaired) electrons. The molecule has 1 aliphatic rings. The van der Waals surface area contributed by atoms with Gasteiger partial charge < -0.3 is 0 Å². The standard InChI is InChI=1S/C12H8N2O3/c13-7-12(1-2-12)10-4-8(6-15)3-9(5-10)11(16)14-17/h3-6H,1-2H2. The Kier molecular flexibility index (Phi) is 2.56. The molecule has 0 spiro atoms. The van der Waals surface area contributed by atoms with Crippen molar-refractivity contribution in [2.75, 3.05) is 0 Å². The highest BCUT2D eigenvalue weighted by Crippen LogP contribution is 2.47. The quantitative estimate of drug-likeness (QED) is 0.584. The Bertz CT molecular complexity index is 553. The van der Waals surface area contributed by atoms with Crippen molar-refractivity contribution in [2.45, 2.75) is 18.3 Å². The summed E-state index contributed by atoms with van der Waals surface area (Å²) in [5.74, 6) is -0.927. The van der Waals surface area contributed by atoms with Crippen LogP contribution in [0.1, 0.15) is 39.1 Å². The van der Waals surface area contributed by atoms with E-state index in [-0.39, 0.29) is 11.1 Å². The van der Waals surface area contributed by atoms with Crippen molar-refractivity contribution >= 4 is 12.2 Å². The van der Waals surface area contributed by atoms with Gasteiger partial charge in [0.1, 0.15) is 6.29 Å². The molecule has 84 valence electrons. The Balaban J connectivity index is 2.54. The van der Waals surface area contributed by atoms with Crippen LogP contribution in [0.2, 0.25) is 0 Å². The molecule has 1 aromatic rings. The van der Waals surface area contributed by atoms with Gasteiger partial charge in [0.15, 0.2) is 0 Å². The number of hydrogen-bond acceptors (Lipinski definition) is 4. The van der Waals surface area contributed by atoms with Crippen LogP contribution < -0.4 is 0 Å². The van der Waals surface area contributed by atoms with E-state index in [0.717, 1.165) is 0 Å². The minimum absolute atomic E-state index is 0.0566. The number of amides is 1. The molecule has 5 nitrogen and oxygen atoms in total. The summed E-state index contributed by atoms with van der Waals surface area (Å²) in [6, 6.07) is 6.51. The van der Waals surface area contributed by atoms with Gasteiger partial charge in [0, 0.05) is 16.3 Å². The number of rotatable bonds is 3. The second-order valence-electron chi connectivity index (χ2n) is 4.05. The first-order valence-electron chi connectivity index (χ1n) is 5.05. The van der Waals surface area contributed by atoms with Crippen molar-refractivity contribution in [3.63, 3.8) is 0 Å². The molecule has 0 atom stereocenters. The lowest BCUT2D eigenvalue weighted by molar-refractivity contribution is 0.100. The molecule has 0 aliphatic heterocycles. The van der Waals surface area contributed by atoms with E-state index in [9.17, 15) is 14.5 Å². The zero-order valence-electron chi connectivity index (χ0n) is 8.84. The fourth-order valence-electron chi connectivity index (χ4n) is 1.76. The lowest BCUT2D eigenvalue weighted by Gasteiger charge is -2.08. The third-order valence-electron chi connectivity index (χ3n) is 2.94. The fraction of sp³-hybridized carbons (Fsp3) is 0.250. The highest BCUT2D eigenvalue weighted by Gasteiger charge is 2.45. The van der Waals surface area contributed by atoms with Gasteiger partial charge in [0.25, 0.3) is 0 Å². The third kappa shape index (κ3) is 1.85. The van der Waals surface area contributed by atoms with Gasteiger partial charge in [-0.25, -0.2) is 0 Å². The van der Waals surface area contributed by atoms with Gasteiger partial charge in [0.05, 0.1) is 11.5 Å². The molecule has 1 aliphatic carbocycles. The maximum atomic E-state index is 11.2. The van der Waals surface area contributed by atoms with E-state index in [1.807, 2.05) is 0 Å². The molecular formula is C12H8N2O3. The molecule has 1 fully saturated rings. The molecule has 0 saturated heterocycles. The van der Waals surface area contributed by atoms with Crippen molar-refractivity contribution < 1.29 is 9.59 Å². The minimum Gasteiger partial charge on any atom is -0.298 e. The number of nitriles is 1. The number of hydrogen-bond donors (Lipinski definition) is 0. The van der Waals surface area contributed by atoms with Gasteiger partial charge in [-0.1, -0.05) is 0 Å². The van der Waals surface area contributed by atoms with Crippen molar-refractivity contribution in [1.82, 2.24) is 0 Å². The van der Waals surface area contributed by atoms with E-state index >= 15 is 0 Å². The number of nitroso groups, excluding NO2 is 1. The summed E-state index contributed by atoms with van der Waals surface area (Å²) in [6.45, 7) is 0. The maximum absolute atomic E-state index is 11.2. The Morgan fingerprint density at radius 1 is 1.41 bits per heavy atom. The fourth-order valence-corrected chi connectivity index (χ4v) is 1.76. The van der Waals surface area contributed by atoms with Crippen LogP contribution in [0.5, 0.6) is 0 Å². The summed E-state index contributed by atoms with van der Waals surface area (Å²) < 4.78 is 0. The molecule has 2 rings (SSSR count). The molecule has 0 aromatic heterocycles. The minimum atomic E-state index is -0.927. The van der Waals surface area contributed by atoms with Gasteiger partial charge >= 0.3 is 5.91 Å². The van der Waals surface area contributed by atoms with E-state index in [1.165, 1.54) is 12.1 Å². The van der Waals surface area contributed by atoms with E-state index < -0.39 is 11.3 Å². The monoisotopic (exact) mass is 228 g/mol. The average Bonchev–Trinajstić information content (AvgIpc) is 3.18. The summed E-state index contributed by atoms with van der Waals surface area (Å²) >= 11 is 0. The van der Waals surface area contributed by atoms with Crippen molar-refractivity contribution in [1.29, 1.82) is 5.26 Å². The van der Waals surface area contributed by atoms with Gasteiger partial charge in [-0.2, -0.15) is 5.26 Å². The highest BCUT2D eigenvalue weighted by molar-refractivity contribution is 5.96. The largest absolute Gasteiger partial charge is 0.316 e. The predicted molar refractivity (Wildman–Crippen MR) is 58.5 cm³/mol. The lowest BCUT2D eigenvalue weighted by atomic mass is 9.93. The summed E-state index contributed by atoms with van der Waals surface area (Å²) in [7, 11) is 0. The molecule has 17 heavy (non-hydrogen) atoms. The third-order valence-corrected chi connectivity index (χ3v) is 2.94. The lowest BCUT2D eigenvalue weighted by Crippen LogP contribution is -2.06. The molecule has 0 N–H and O–H groups in total. The van der Waals surface area contributed by atoms with Crippen LogP contribution in [0.25, 0.3) is 0 Å². The van der Waals surface area contributed by atoms with Gasteiger partial charge in [-0.3, -0.25) is 9.59 Å². The van der Waals surface area contributed by atoms with Crippen LogP contribution in [0.15, 0.2) is 23.4 Å². The average molecular weight is 228 g/mol. The van der Waals surface area contributed by atoms with Crippen LogP contribution in [-0.4, -0.2) is 12.2 Å². The SMILES string of the molecule is N#CC1(c2cc(C=O)cc(C(=O)N=O)c2)CC1. The normalized spacial score (nSPS) is 15.7. The van der Waals surface area contributed by atoms with Gasteiger partial charge in [-0.05, 0) is 36.6 Å². The zero-order chi connectivity index (χ0) is 12.5. The van der Waals surface area contributed by atoms with E-state index in [1.54, 1.807) is 6.07 Å². The number of benzene rings is 1. The molecular weight excluding hydrogens is 220 g/mol. The van der Waals surface area contributed by atoms with Crippen LogP contribution in [0.4, 0.5) is 0 Å². The molecule has 5 heteroatoms. The zero-order valence-corrected chi connectivity index (χ0v) is 8.84. The highest BCUT2D eigenvalue weighted by atomic mass is 16.3. The second kappa shape index (κ2) is 3.91. The van der Waals surface area contributed by atoms with Crippen LogP contribution in [0.3, 0.4) is 0 Å². The Hall–Kier alpha value is -2.35. The Labute approximate surface area is 97.0 Å². The number of nitrogens with zero attached hydrogens (tertiary/aromatic N) is 2. The Morgan fingerprint density at radius 3 is 2.59 bits per heavy atom. The van der Waals surface area contributed by atoms with Crippen molar-refractivity contribution in [3.05, 3.63) is 39.8 Å². The Morgan fingerprint density at radius 2 is 2.12 bits per heavy atom. The first-order chi connectivity index (χ1) is 8.15. The number of aldehydes is 1. The topological polar surface area (TPSA) is 87.4 Å². The first kappa shape index (κ1) is 11.1. The van der Waals surface area contributed by atoms with Crippen molar-refractivity contribution in [3.8, 4) is 6.07 Å². The smallest absolute Gasteiger partial charge is 0.298 e. The summed E-state index contributed by atoms with van der Waals surface area (Å²) in [5, 5.41) is 11.4. The molecule has 0 bridgehead atoms. The summed E-state index contributed by atoms with van der Waals surface area (Å²) in [6.07, 6.45) is 1.99. The van der Waals surface area contributed by atoms with Gasteiger partial charge in [-0.15, -0.1) is 4.91 Å². The molecule has 1 aromatic carbocycles. The van der Waals surface area contributed by atoms with Crippen molar-refractivity contribution in [2.24, 2.45) is 5.18 Å². The first-order valence-corrected chi connectivity index (χ1v) is 5.05. The summed E-state index contributed by atoms with van der Waals surface area (Å²) in [5.41, 5.74) is 0.338. The molecule has 1 saturated carbocycles. The van der Waals surface area contributed by atoms with Gasteiger partial charge in [0.2, 0.25) is 0 Å². The maximum Gasteiger partial charge on any atom is 0.316 e. The van der Waals surface area contributed by atoms with E-state index in [0.29, 0.717) is 24.7 Å². The van der Waals surface area contributed by atoms with Crippen LogP contribution in [-0.2, 0) is 5.41 Å². The molecule has 0 heterocycles. The number of carbonyl (C=O) groups is 2. The molecule has 1 amide bonds.